The van der Waals surface area contributed by atoms with Crippen molar-refractivity contribution in [2.24, 2.45) is 12.8 Å². The number of aryl methyl sites for hydroxylation is 1. The molecule has 2 aromatic heterocycles. The van der Waals surface area contributed by atoms with Crippen LogP contribution in [0.4, 0.5) is 4.39 Å². The third kappa shape index (κ3) is 5.30. The summed E-state index contributed by atoms with van der Waals surface area (Å²) in [7, 11) is 4.95. The lowest BCUT2D eigenvalue weighted by Crippen LogP contribution is -2.27. The van der Waals surface area contributed by atoms with Gasteiger partial charge < -0.3 is 25.3 Å². The summed E-state index contributed by atoms with van der Waals surface area (Å²) in [5.41, 5.74) is 8.02. The van der Waals surface area contributed by atoms with Gasteiger partial charge in [0.15, 0.2) is 5.69 Å². The number of primary amides is 1. The zero-order valence-electron chi connectivity index (χ0n) is 22.0. The number of amides is 1. The van der Waals surface area contributed by atoms with Gasteiger partial charge in [0.05, 0.1) is 17.0 Å². The lowest BCUT2D eigenvalue weighted by Gasteiger charge is -2.36. The summed E-state index contributed by atoms with van der Waals surface area (Å²) in [6.07, 6.45) is 0.967. The number of methoxy groups -OCH3 is 1. The minimum absolute atomic E-state index is 0.00376. The fourth-order valence-corrected chi connectivity index (χ4v) is 4.69. The summed E-state index contributed by atoms with van der Waals surface area (Å²) in [6.45, 7) is 5.50. The molecule has 1 amide bonds. The second-order valence-electron chi connectivity index (χ2n) is 8.78. The zero-order chi connectivity index (χ0) is 27.4. The molecule has 1 aromatic carbocycles. The minimum atomic E-state index is -1.17. The third-order valence-corrected chi connectivity index (χ3v) is 6.29. The third-order valence-electron chi connectivity index (χ3n) is 6.29. The van der Waals surface area contributed by atoms with E-state index in [4.69, 9.17) is 5.73 Å². The number of benzene rings is 1. The molecule has 4 N–H and O–H groups in total. The fraction of sp³-hybridized carbons (Fsp3) is 0.444. The predicted octanol–water partition coefficient (Wildman–Crippen LogP) is 3.06. The average Bonchev–Trinajstić information content (AvgIpc) is 3.37. The molecule has 2 unspecified atom stereocenters. The maximum Gasteiger partial charge on any atom is 0.269 e. The van der Waals surface area contributed by atoms with Gasteiger partial charge >= 0.3 is 0 Å². The van der Waals surface area contributed by atoms with E-state index in [1.54, 1.807) is 39.6 Å². The second-order valence-corrected chi connectivity index (χ2v) is 8.78. The van der Waals surface area contributed by atoms with Gasteiger partial charge in [-0.3, -0.25) is 9.48 Å². The van der Waals surface area contributed by atoms with Gasteiger partial charge in [-0.05, 0) is 49.4 Å². The van der Waals surface area contributed by atoms with Crippen LogP contribution in [0, 0.1) is 17.7 Å². The lowest BCUT2D eigenvalue weighted by molar-refractivity contribution is 0.0988. The van der Waals surface area contributed by atoms with Gasteiger partial charge in [0, 0.05) is 39.1 Å². The van der Waals surface area contributed by atoms with Crippen LogP contribution in [0.25, 0.3) is 11.4 Å². The van der Waals surface area contributed by atoms with E-state index in [9.17, 15) is 19.4 Å². The highest BCUT2D eigenvalue weighted by Gasteiger charge is 2.43. The number of nitrogens with two attached hydrogens (primary N) is 1. The molecular formula is C27H34FN5O4. The maximum atomic E-state index is 14.8. The normalized spacial score (nSPS) is 18.1. The van der Waals surface area contributed by atoms with Crippen LogP contribution in [0.15, 0.2) is 24.4 Å². The number of imidazole rings is 1. The number of hydrogen-bond donors (Lipinski definition) is 3. The lowest BCUT2D eigenvalue weighted by atomic mass is 9.75. The van der Waals surface area contributed by atoms with Gasteiger partial charge in [-0.15, -0.1) is 0 Å². The van der Waals surface area contributed by atoms with Crippen LogP contribution in [-0.2, 0) is 11.8 Å². The molecular weight excluding hydrogens is 477 g/mol. The monoisotopic (exact) mass is 511 g/mol. The molecule has 2 bridgehead atoms. The Labute approximate surface area is 216 Å². The summed E-state index contributed by atoms with van der Waals surface area (Å²) in [4.78, 5) is 16.9. The van der Waals surface area contributed by atoms with Crippen molar-refractivity contribution in [2.45, 2.75) is 57.8 Å². The molecule has 0 saturated heterocycles. The molecule has 1 saturated carbocycles. The number of hydrogen-bond acceptors (Lipinski definition) is 6. The van der Waals surface area contributed by atoms with E-state index >= 15 is 0 Å². The van der Waals surface area contributed by atoms with Crippen LogP contribution in [0.5, 0.6) is 0 Å². The van der Waals surface area contributed by atoms with E-state index in [-0.39, 0.29) is 23.2 Å². The number of carbonyl (C=O) groups excluding carboxylic acids is 1. The number of ether oxygens (including phenoxy) is 1. The molecule has 10 heteroatoms. The average molecular weight is 512 g/mol. The van der Waals surface area contributed by atoms with E-state index in [1.165, 1.54) is 17.7 Å². The maximum absolute atomic E-state index is 14.8. The molecule has 0 radical (unpaired) electrons. The SMILES string of the molecule is CC.CC(O)C#Cc1cc2c(cc1F)C1CC(C1)n1c-2nc(C(N)=O)c1C(O)c1ccnn1C.COC. The molecule has 1 aliphatic carbocycles. The molecule has 1 fully saturated rings. The first-order valence-electron chi connectivity index (χ1n) is 12.2. The molecule has 9 nitrogen and oxygen atoms in total. The van der Waals surface area contributed by atoms with Crippen molar-refractivity contribution in [3.8, 4) is 23.2 Å². The highest BCUT2D eigenvalue weighted by molar-refractivity contribution is 5.93. The number of rotatable bonds is 3. The smallest absolute Gasteiger partial charge is 0.269 e. The molecule has 6 rings (SSSR count). The van der Waals surface area contributed by atoms with E-state index in [0.29, 0.717) is 22.8 Å². The van der Waals surface area contributed by atoms with Crippen LogP contribution in [0.3, 0.4) is 0 Å². The second kappa shape index (κ2) is 11.7. The van der Waals surface area contributed by atoms with Crippen LogP contribution < -0.4 is 5.73 Å². The molecule has 4 heterocycles. The number of carbonyl (C=O) groups is 1. The molecule has 37 heavy (non-hydrogen) atoms. The van der Waals surface area contributed by atoms with Gasteiger partial charge in [0.2, 0.25) is 0 Å². The number of nitrogens with zero attached hydrogens (tertiary/aromatic N) is 4. The van der Waals surface area contributed by atoms with Crippen LogP contribution in [0.1, 0.15) is 84.7 Å². The number of aliphatic hydroxyl groups excluding tert-OH is 2. The zero-order valence-corrected chi connectivity index (χ0v) is 22.0. The van der Waals surface area contributed by atoms with Crippen molar-refractivity contribution in [1.29, 1.82) is 0 Å². The first-order chi connectivity index (χ1) is 17.7. The first kappa shape index (κ1) is 28.1. The number of aromatic nitrogens is 4. The molecule has 3 aliphatic rings. The highest BCUT2D eigenvalue weighted by atomic mass is 19.1. The molecule has 2 aliphatic heterocycles. The van der Waals surface area contributed by atoms with Crippen LogP contribution in [-0.4, -0.2) is 55.8 Å². The summed E-state index contributed by atoms with van der Waals surface area (Å²) in [5.74, 6) is 4.61. The molecule has 198 valence electrons. The van der Waals surface area contributed by atoms with E-state index in [2.05, 4.69) is 26.7 Å². The van der Waals surface area contributed by atoms with Crippen LogP contribution >= 0.6 is 0 Å². The van der Waals surface area contributed by atoms with Gasteiger partial charge in [-0.2, -0.15) is 5.10 Å². The Kier molecular flexibility index (Phi) is 8.86. The van der Waals surface area contributed by atoms with Gasteiger partial charge in [-0.25, -0.2) is 9.37 Å². The summed E-state index contributed by atoms with van der Waals surface area (Å²) < 4.78 is 22.4. The fourth-order valence-electron chi connectivity index (χ4n) is 4.69. The Morgan fingerprint density at radius 2 is 1.92 bits per heavy atom. The topological polar surface area (TPSA) is 128 Å². The van der Waals surface area contributed by atoms with Crippen molar-refractivity contribution in [1.82, 2.24) is 19.3 Å². The Balaban J connectivity index is 0.000000711. The Hall–Kier alpha value is -3.52. The van der Waals surface area contributed by atoms with E-state index in [0.717, 1.165) is 18.4 Å². The Bertz CT molecular complexity index is 1330. The molecule has 0 spiro atoms. The number of aliphatic hydroxyl groups is 2. The quantitative estimate of drug-likeness (QED) is 0.464. The van der Waals surface area contributed by atoms with Crippen molar-refractivity contribution < 1.29 is 24.1 Å². The van der Waals surface area contributed by atoms with Crippen molar-refractivity contribution in [3.63, 3.8) is 0 Å². The number of halogens is 1. The minimum Gasteiger partial charge on any atom is -0.388 e. The predicted molar refractivity (Wildman–Crippen MR) is 137 cm³/mol. The highest BCUT2D eigenvalue weighted by Crippen LogP contribution is 2.53. The van der Waals surface area contributed by atoms with Crippen molar-refractivity contribution >= 4 is 5.91 Å². The summed E-state index contributed by atoms with van der Waals surface area (Å²) in [6, 6.07) is 4.73. The Morgan fingerprint density at radius 3 is 2.46 bits per heavy atom. The molecule has 2 atom stereocenters. The summed E-state index contributed by atoms with van der Waals surface area (Å²) in [5, 5.41) is 24.8. The van der Waals surface area contributed by atoms with Gasteiger partial charge in [-0.1, -0.05) is 25.7 Å². The van der Waals surface area contributed by atoms with Crippen molar-refractivity contribution in [2.75, 3.05) is 14.2 Å². The van der Waals surface area contributed by atoms with E-state index < -0.39 is 23.9 Å². The van der Waals surface area contributed by atoms with Gasteiger partial charge in [0.1, 0.15) is 23.8 Å². The standard InChI is InChI=1S/C23H22FN5O3.C2H6O.C2H6/c1-11(30)3-4-12-9-16-15(10-17(12)24)13-7-14(8-13)29-20(19(22(25)32)27-23(16)29)21(31)18-5-6-26-28(18)2;1-3-2;1-2/h5-6,9-11,13-14,21,30-31H,7-8H2,1-2H3,(H2,25,32);1-2H3;1-2H3. The molecule has 3 aromatic rings. The van der Waals surface area contributed by atoms with Gasteiger partial charge in [0.25, 0.3) is 5.91 Å². The van der Waals surface area contributed by atoms with Crippen molar-refractivity contribution in [3.05, 3.63) is 58.4 Å². The van der Waals surface area contributed by atoms with E-state index in [1.807, 2.05) is 18.4 Å². The van der Waals surface area contributed by atoms with Crippen LogP contribution in [0.2, 0.25) is 0 Å². The Morgan fingerprint density at radius 1 is 1.27 bits per heavy atom. The largest absolute Gasteiger partial charge is 0.388 e. The summed E-state index contributed by atoms with van der Waals surface area (Å²) >= 11 is 0. The first-order valence-corrected chi connectivity index (χ1v) is 12.2.